The van der Waals surface area contributed by atoms with Crippen molar-refractivity contribution < 1.29 is 9.53 Å². The number of carbonyl (C=O) groups excluding carboxylic acids is 1. The Labute approximate surface area is 261 Å². The zero-order valence-corrected chi connectivity index (χ0v) is 26.8. The quantitative estimate of drug-likeness (QED) is 0.181. The van der Waals surface area contributed by atoms with Gasteiger partial charge in [-0.25, -0.2) is 4.98 Å². The molecule has 0 bridgehead atoms. The van der Waals surface area contributed by atoms with Gasteiger partial charge < -0.3 is 4.74 Å². The molecule has 5 nitrogen and oxygen atoms in total. The third-order valence-corrected chi connectivity index (χ3v) is 8.91. The molecule has 6 rings (SSSR count). The predicted molar refractivity (Wildman–Crippen MR) is 178 cm³/mol. The topological polar surface area (TPSA) is 57.0 Å². The second-order valence-corrected chi connectivity index (χ2v) is 13.5. The Balaban J connectivity index is 1.51. The normalized spacial score (nSPS) is 12.7. The van der Waals surface area contributed by atoms with Crippen molar-refractivity contribution in [2.24, 2.45) is 0 Å². The second kappa shape index (κ2) is 11.3. The number of fused-ring (bicyclic) bond motifs is 2. The lowest BCUT2D eigenvalue weighted by molar-refractivity contribution is -0.138. The molecule has 0 N–H and O–H groups in total. The Kier molecular flexibility index (Phi) is 7.71. The maximum Gasteiger partial charge on any atom is 0.163 e. The summed E-state index contributed by atoms with van der Waals surface area (Å²) in [5.74, 6) is -0.0363. The fourth-order valence-electron chi connectivity index (χ4n) is 5.62. The van der Waals surface area contributed by atoms with E-state index in [0.717, 1.165) is 59.6 Å². The highest BCUT2D eigenvalue weighted by atomic mass is 35.5. The number of hydrogen-bond acceptors (Lipinski definition) is 5. The number of aryl methyl sites for hydroxylation is 2. The molecule has 1 atom stereocenters. The molecule has 0 spiro atoms. The third kappa shape index (κ3) is 5.87. The van der Waals surface area contributed by atoms with Crippen molar-refractivity contribution in [1.29, 1.82) is 0 Å². The number of aromatic nitrogens is 3. The van der Waals surface area contributed by atoms with Crippen molar-refractivity contribution in [3.8, 4) is 21.7 Å². The number of hydrogen-bond donors (Lipinski definition) is 0. The molecule has 4 aromatic carbocycles. The highest BCUT2D eigenvalue weighted by Gasteiger charge is 2.30. The van der Waals surface area contributed by atoms with Crippen LogP contribution in [0.2, 0.25) is 5.02 Å². The minimum atomic E-state index is -0.713. The molecule has 7 heteroatoms. The van der Waals surface area contributed by atoms with Gasteiger partial charge in [0.1, 0.15) is 11.1 Å². The summed E-state index contributed by atoms with van der Waals surface area (Å²) in [6.45, 7) is 12.3. The van der Waals surface area contributed by atoms with Crippen molar-refractivity contribution in [3.05, 3.63) is 106 Å². The lowest BCUT2D eigenvalue weighted by Crippen LogP contribution is -2.27. The first-order valence-electron chi connectivity index (χ1n) is 14.4. The van der Waals surface area contributed by atoms with Gasteiger partial charge in [0.2, 0.25) is 0 Å². The summed E-state index contributed by atoms with van der Waals surface area (Å²) < 4.78 is 9.47. The Morgan fingerprint density at radius 1 is 0.977 bits per heavy atom. The highest BCUT2D eigenvalue weighted by Crippen LogP contribution is 2.44. The van der Waals surface area contributed by atoms with E-state index in [-0.39, 0.29) is 5.78 Å². The molecule has 2 heterocycles. The Hall–Kier alpha value is -3.84. The summed E-state index contributed by atoms with van der Waals surface area (Å²) in [6, 6.07) is 26.7. The number of ketones is 1. The van der Waals surface area contributed by atoms with Crippen LogP contribution < -0.4 is 0 Å². The van der Waals surface area contributed by atoms with Crippen molar-refractivity contribution in [1.82, 2.24) is 14.8 Å². The largest absolute Gasteiger partial charge is 0.360 e. The smallest absolute Gasteiger partial charge is 0.163 e. The molecule has 43 heavy (non-hydrogen) atoms. The number of benzene rings is 4. The molecule has 0 unspecified atom stereocenters. The van der Waals surface area contributed by atoms with Crippen LogP contribution in [0.25, 0.3) is 42.8 Å². The first kappa shape index (κ1) is 29.2. The standard InChI is InChI=1S/C36H34ClN3O2S/c1-21-18-29-34(32(25-12-15-27(37)16-13-25)31(21)33(23(3)41)42-36(4,5)6)43-35(38-29)26-14-17-30-28(19-26)22(2)39-40(30)20-24-10-8-7-9-11-24/h7-19,33H,20H2,1-6H3/t33-/m1/s1. The van der Waals surface area contributed by atoms with Gasteiger partial charge in [-0.2, -0.15) is 5.10 Å². The zero-order valence-electron chi connectivity index (χ0n) is 25.2. The SMILES string of the molecule is CC(=O)[C@@H](OC(C)(C)C)c1c(C)cc2nc(-c3ccc4c(c3)c(C)nn4Cc3ccccc3)sc2c1-c1ccc(Cl)cc1. The third-order valence-electron chi connectivity index (χ3n) is 7.52. The van der Waals surface area contributed by atoms with E-state index in [9.17, 15) is 4.79 Å². The zero-order chi connectivity index (χ0) is 30.5. The Morgan fingerprint density at radius 3 is 2.35 bits per heavy atom. The van der Waals surface area contributed by atoms with Crippen LogP contribution in [0.5, 0.6) is 0 Å². The lowest BCUT2D eigenvalue weighted by Gasteiger charge is -2.29. The van der Waals surface area contributed by atoms with Crippen LogP contribution in [-0.4, -0.2) is 26.1 Å². The summed E-state index contributed by atoms with van der Waals surface area (Å²) >= 11 is 7.92. The van der Waals surface area contributed by atoms with Gasteiger partial charge in [-0.1, -0.05) is 54.1 Å². The summed E-state index contributed by atoms with van der Waals surface area (Å²) in [4.78, 5) is 18.2. The maximum atomic E-state index is 13.1. The Morgan fingerprint density at radius 2 is 1.67 bits per heavy atom. The van der Waals surface area contributed by atoms with Crippen LogP contribution in [0.1, 0.15) is 56.2 Å². The predicted octanol–water partition coefficient (Wildman–Crippen LogP) is 9.74. The van der Waals surface area contributed by atoms with Gasteiger partial charge in [-0.05, 0) is 94.6 Å². The molecule has 0 saturated heterocycles. The molecule has 0 aliphatic rings. The van der Waals surface area contributed by atoms with Gasteiger partial charge in [0.25, 0.3) is 0 Å². The van der Waals surface area contributed by atoms with Gasteiger partial charge in [0, 0.05) is 27.1 Å². The van der Waals surface area contributed by atoms with E-state index in [2.05, 4.69) is 60.1 Å². The highest BCUT2D eigenvalue weighted by molar-refractivity contribution is 7.22. The molecule has 218 valence electrons. The fourth-order valence-corrected chi connectivity index (χ4v) is 6.87. The monoisotopic (exact) mass is 607 g/mol. The molecular formula is C36H34ClN3O2S. The second-order valence-electron chi connectivity index (χ2n) is 12.0. The fraction of sp³-hybridized carbons (Fsp3) is 0.250. The van der Waals surface area contributed by atoms with Crippen LogP contribution in [0.3, 0.4) is 0 Å². The van der Waals surface area contributed by atoms with Gasteiger partial charge in [0.15, 0.2) is 5.78 Å². The molecule has 2 aromatic heterocycles. The van der Waals surface area contributed by atoms with E-state index >= 15 is 0 Å². The molecule has 0 fully saturated rings. The van der Waals surface area contributed by atoms with Crippen LogP contribution in [0.15, 0.2) is 78.9 Å². The van der Waals surface area contributed by atoms with Crippen molar-refractivity contribution in [2.75, 3.05) is 0 Å². The first-order chi connectivity index (χ1) is 20.5. The summed E-state index contributed by atoms with van der Waals surface area (Å²) in [5.41, 5.74) is 8.48. The first-order valence-corrected chi connectivity index (χ1v) is 15.6. The summed E-state index contributed by atoms with van der Waals surface area (Å²) in [7, 11) is 0. The molecule has 0 radical (unpaired) electrons. The Bertz CT molecular complexity index is 1970. The number of rotatable bonds is 7. The lowest BCUT2D eigenvalue weighted by atomic mass is 9.90. The van der Waals surface area contributed by atoms with E-state index in [0.29, 0.717) is 11.6 Å². The minimum absolute atomic E-state index is 0.0363. The maximum absolute atomic E-state index is 13.1. The van der Waals surface area contributed by atoms with Gasteiger partial charge >= 0.3 is 0 Å². The van der Waals surface area contributed by atoms with Crippen molar-refractivity contribution in [3.63, 3.8) is 0 Å². The van der Waals surface area contributed by atoms with Crippen LogP contribution >= 0.6 is 22.9 Å². The molecule has 0 aliphatic carbocycles. The number of halogens is 1. The molecule has 0 aliphatic heterocycles. The number of carbonyl (C=O) groups is 1. The number of Topliss-reactive ketones (excluding diaryl/α,β-unsaturated/α-hetero) is 1. The van der Waals surface area contributed by atoms with Gasteiger partial charge in [0.05, 0.1) is 33.6 Å². The average Bonchev–Trinajstić information content (AvgIpc) is 3.52. The van der Waals surface area contributed by atoms with Crippen molar-refractivity contribution >= 4 is 49.8 Å². The van der Waals surface area contributed by atoms with Crippen LogP contribution in [0.4, 0.5) is 0 Å². The van der Waals surface area contributed by atoms with Gasteiger partial charge in [-0.15, -0.1) is 11.3 Å². The number of nitrogens with zero attached hydrogens (tertiary/aromatic N) is 3. The van der Waals surface area contributed by atoms with Crippen LogP contribution in [0, 0.1) is 13.8 Å². The van der Waals surface area contributed by atoms with E-state index in [1.54, 1.807) is 18.3 Å². The molecular weight excluding hydrogens is 574 g/mol. The van der Waals surface area contributed by atoms with Crippen LogP contribution in [-0.2, 0) is 16.1 Å². The molecule has 0 saturated carbocycles. The van der Waals surface area contributed by atoms with E-state index in [4.69, 9.17) is 26.4 Å². The van der Waals surface area contributed by atoms with Crippen molar-refractivity contribution in [2.45, 2.75) is 59.8 Å². The van der Waals surface area contributed by atoms with E-state index < -0.39 is 11.7 Å². The number of ether oxygens (including phenoxy) is 1. The minimum Gasteiger partial charge on any atom is -0.360 e. The average molecular weight is 608 g/mol. The summed E-state index contributed by atoms with van der Waals surface area (Å²) in [5, 5.41) is 7.53. The van der Waals surface area contributed by atoms with E-state index in [1.807, 2.05) is 58.0 Å². The summed E-state index contributed by atoms with van der Waals surface area (Å²) in [6.07, 6.45) is -0.713. The van der Waals surface area contributed by atoms with Gasteiger partial charge in [-0.3, -0.25) is 9.48 Å². The molecule has 6 aromatic rings. The molecule has 0 amide bonds. The van der Waals surface area contributed by atoms with E-state index in [1.165, 1.54) is 5.56 Å². The number of thiazole rings is 1.